The average molecular weight is 735 g/mol. The molecular formula is C42H70O10. The van der Waals surface area contributed by atoms with Crippen molar-refractivity contribution in [3.05, 3.63) is 11.6 Å². The molecule has 6 fully saturated rings. The van der Waals surface area contributed by atoms with E-state index in [0.29, 0.717) is 29.1 Å². The summed E-state index contributed by atoms with van der Waals surface area (Å²) in [5.74, 6) is 3.10. The molecule has 298 valence electrons. The van der Waals surface area contributed by atoms with E-state index >= 15 is 0 Å². The lowest BCUT2D eigenvalue weighted by Crippen LogP contribution is -2.66. The van der Waals surface area contributed by atoms with E-state index in [-0.39, 0.29) is 27.8 Å². The lowest BCUT2D eigenvalue weighted by Gasteiger charge is -2.71. The third-order valence-corrected chi connectivity index (χ3v) is 17.6. The standard InChI is InChI=1S/C42H70O10/c1-21-12-15-39(6)18-19-41(8)24(29(39)22(21)2)10-11-27-40(7)16-14-28(38(4,5)26(40)13-17-42(27,41)9)51-37-34(48)32(46)35(25(20-43)50-37)52-36-33(47)31(45)30(44)23(3)49-36/h10,21-23,25-37,43-48H,11-20H2,1-9H3/t21-,22+,23+,25-,26+,27-,28+,29+,30+,31-,32-,33-,34-,35-,36+,37+,39-,40+,41-,42-/m1/s1. The van der Waals surface area contributed by atoms with Crippen LogP contribution in [0.15, 0.2) is 11.6 Å². The zero-order valence-electron chi connectivity index (χ0n) is 33.2. The van der Waals surface area contributed by atoms with E-state index < -0.39 is 68.0 Å². The Hall–Kier alpha value is -0.660. The molecule has 2 saturated heterocycles. The van der Waals surface area contributed by atoms with Crippen LogP contribution in [-0.4, -0.2) is 105 Å². The van der Waals surface area contributed by atoms with Gasteiger partial charge in [0, 0.05) is 0 Å². The van der Waals surface area contributed by atoms with Gasteiger partial charge in [0.2, 0.25) is 0 Å². The number of aliphatic hydroxyl groups excluding tert-OH is 6. The van der Waals surface area contributed by atoms with Gasteiger partial charge in [-0.3, -0.25) is 0 Å². The van der Waals surface area contributed by atoms with Gasteiger partial charge in [-0.05, 0) is 121 Å². The summed E-state index contributed by atoms with van der Waals surface area (Å²) < 4.78 is 24.2. The van der Waals surface area contributed by atoms with Crippen molar-refractivity contribution in [2.45, 2.75) is 188 Å². The summed E-state index contributed by atoms with van der Waals surface area (Å²) in [6, 6.07) is 0. The fraction of sp³-hybridized carbons (Fsp3) is 0.952. The molecule has 52 heavy (non-hydrogen) atoms. The Kier molecular flexibility index (Phi) is 10.3. The van der Waals surface area contributed by atoms with Gasteiger partial charge in [0.1, 0.15) is 42.7 Å². The fourth-order valence-electron chi connectivity index (χ4n) is 13.9. The minimum Gasteiger partial charge on any atom is -0.394 e. The molecule has 20 atom stereocenters. The third kappa shape index (κ3) is 5.69. The zero-order valence-corrected chi connectivity index (χ0v) is 33.2. The van der Waals surface area contributed by atoms with Gasteiger partial charge in [-0.15, -0.1) is 0 Å². The Labute approximate surface area is 311 Å². The quantitative estimate of drug-likeness (QED) is 0.173. The number of ether oxygens (including phenoxy) is 4. The van der Waals surface area contributed by atoms with E-state index in [1.807, 2.05) is 0 Å². The van der Waals surface area contributed by atoms with Crippen molar-refractivity contribution in [1.82, 2.24) is 0 Å². The molecule has 0 unspecified atom stereocenters. The maximum atomic E-state index is 11.3. The van der Waals surface area contributed by atoms with Crippen molar-refractivity contribution in [3.63, 3.8) is 0 Å². The zero-order chi connectivity index (χ0) is 37.9. The van der Waals surface area contributed by atoms with Crippen molar-refractivity contribution in [2.75, 3.05) is 6.61 Å². The topological polar surface area (TPSA) is 158 Å². The van der Waals surface area contributed by atoms with Crippen LogP contribution in [-0.2, 0) is 18.9 Å². The molecular weight excluding hydrogens is 664 g/mol. The molecule has 0 aromatic rings. The number of allylic oxidation sites excluding steroid dienone is 2. The summed E-state index contributed by atoms with van der Waals surface area (Å²) in [5.41, 5.74) is 2.47. The highest BCUT2D eigenvalue weighted by Gasteiger charge is 2.68. The predicted molar refractivity (Wildman–Crippen MR) is 195 cm³/mol. The minimum atomic E-state index is -1.61. The van der Waals surface area contributed by atoms with Crippen LogP contribution in [0.1, 0.15) is 120 Å². The summed E-state index contributed by atoms with van der Waals surface area (Å²) in [6.45, 7) is 21.0. The summed E-state index contributed by atoms with van der Waals surface area (Å²) in [6.07, 6.45) is -0.322. The molecule has 0 radical (unpaired) electrons. The Balaban J connectivity index is 1.08. The molecule has 0 bridgehead atoms. The van der Waals surface area contributed by atoms with Crippen LogP contribution in [0.4, 0.5) is 0 Å². The molecule has 0 spiro atoms. The first-order chi connectivity index (χ1) is 24.2. The number of hydrogen-bond acceptors (Lipinski definition) is 10. The molecule has 10 heteroatoms. The first-order valence-electron chi connectivity index (χ1n) is 20.6. The highest BCUT2D eigenvalue weighted by molar-refractivity contribution is 5.33. The average Bonchev–Trinajstić information content (AvgIpc) is 3.09. The SMILES string of the molecule is C[C@H]1[C@H](C)CC[C@]2(C)CC[C@]3(C)C(=CC[C@@H]4[C@@]5(C)CC[C@H](O[C@@H]6O[C@H](CO)[C@@H](O[C@@H]7O[C@@H](C)[C@H](O)[C@@H](O)[C@H]7O)[C@H](O)[C@H]6O)C(C)(C)[C@@H]5CC[C@]43C)[C@H]12. The van der Waals surface area contributed by atoms with Gasteiger partial charge in [0.25, 0.3) is 0 Å². The molecule has 0 aromatic carbocycles. The van der Waals surface area contributed by atoms with Gasteiger partial charge >= 0.3 is 0 Å². The van der Waals surface area contributed by atoms with Crippen LogP contribution in [0, 0.1) is 56.7 Å². The monoisotopic (exact) mass is 734 g/mol. The number of rotatable bonds is 5. The molecule has 10 nitrogen and oxygen atoms in total. The van der Waals surface area contributed by atoms with E-state index in [4.69, 9.17) is 18.9 Å². The highest BCUT2D eigenvalue weighted by Crippen LogP contribution is 2.75. The largest absolute Gasteiger partial charge is 0.394 e. The van der Waals surface area contributed by atoms with E-state index in [1.54, 1.807) is 5.57 Å². The number of hydrogen-bond donors (Lipinski definition) is 6. The van der Waals surface area contributed by atoms with Crippen LogP contribution in [0.25, 0.3) is 0 Å². The summed E-state index contributed by atoms with van der Waals surface area (Å²) >= 11 is 0. The van der Waals surface area contributed by atoms with Crippen LogP contribution in [0.2, 0.25) is 0 Å². The summed E-state index contributed by atoms with van der Waals surface area (Å²) in [5, 5.41) is 63.8. The number of aliphatic hydroxyl groups is 6. The first kappa shape index (κ1) is 39.6. The molecule has 0 amide bonds. The minimum absolute atomic E-state index is 0.113. The Bertz CT molecular complexity index is 1350. The van der Waals surface area contributed by atoms with Crippen LogP contribution >= 0.6 is 0 Å². The maximum absolute atomic E-state index is 11.3. The molecule has 2 aliphatic heterocycles. The van der Waals surface area contributed by atoms with E-state index in [0.717, 1.165) is 31.6 Å². The van der Waals surface area contributed by atoms with Crippen molar-refractivity contribution >= 4 is 0 Å². The lowest BCUT2D eigenvalue weighted by molar-refractivity contribution is -0.366. The predicted octanol–water partition coefficient (Wildman–Crippen LogP) is 4.70. The van der Waals surface area contributed by atoms with E-state index in [1.165, 1.54) is 39.0 Å². The Morgan fingerprint density at radius 3 is 2.08 bits per heavy atom. The van der Waals surface area contributed by atoms with Gasteiger partial charge in [0.15, 0.2) is 12.6 Å². The summed E-state index contributed by atoms with van der Waals surface area (Å²) in [7, 11) is 0. The molecule has 2 heterocycles. The van der Waals surface area contributed by atoms with Crippen molar-refractivity contribution in [1.29, 1.82) is 0 Å². The van der Waals surface area contributed by atoms with E-state index in [9.17, 15) is 30.6 Å². The van der Waals surface area contributed by atoms with Gasteiger partial charge in [-0.2, -0.15) is 0 Å². The summed E-state index contributed by atoms with van der Waals surface area (Å²) in [4.78, 5) is 0. The van der Waals surface area contributed by atoms with Crippen molar-refractivity contribution in [3.8, 4) is 0 Å². The maximum Gasteiger partial charge on any atom is 0.187 e. The van der Waals surface area contributed by atoms with Crippen molar-refractivity contribution < 1.29 is 49.6 Å². The normalized spacial score (nSPS) is 57.5. The van der Waals surface area contributed by atoms with Gasteiger partial charge in [-0.25, -0.2) is 0 Å². The lowest BCUT2D eigenvalue weighted by atomic mass is 9.33. The van der Waals surface area contributed by atoms with Gasteiger partial charge in [-0.1, -0.05) is 67.0 Å². The molecule has 0 aromatic heterocycles. The highest BCUT2D eigenvalue weighted by atomic mass is 16.7. The second-order valence-electron chi connectivity index (χ2n) is 20.3. The van der Waals surface area contributed by atoms with Gasteiger partial charge < -0.3 is 49.6 Å². The van der Waals surface area contributed by atoms with Gasteiger partial charge in [0.05, 0.1) is 18.8 Å². The smallest absolute Gasteiger partial charge is 0.187 e. The van der Waals surface area contributed by atoms with Crippen LogP contribution in [0.3, 0.4) is 0 Å². The molecule has 7 aliphatic rings. The molecule has 5 aliphatic carbocycles. The fourth-order valence-corrected chi connectivity index (χ4v) is 13.9. The molecule has 7 rings (SSSR count). The first-order valence-corrected chi connectivity index (χ1v) is 20.6. The Morgan fingerprint density at radius 2 is 1.38 bits per heavy atom. The molecule has 4 saturated carbocycles. The molecule has 6 N–H and O–H groups in total. The Morgan fingerprint density at radius 1 is 0.712 bits per heavy atom. The number of fused-ring (bicyclic) bond motifs is 7. The van der Waals surface area contributed by atoms with Crippen LogP contribution < -0.4 is 0 Å². The van der Waals surface area contributed by atoms with E-state index in [2.05, 4.69) is 61.5 Å². The van der Waals surface area contributed by atoms with Crippen LogP contribution in [0.5, 0.6) is 0 Å². The second-order valence-corrected chi connectivity index (χ2v) is 20.3. The third-order valence-electron chi connectivity index (χ3n) is 17.6. The second kappa shape index (κ2) is 13.5. The van der Waals surface area contributed by atoms with Crippen molar-refractivity contribution in [2.24, 2.45) is 56.7 Å².